The zero-order valence-corrected chi connectivity index (χ0v) is 12.1. The smallest absolute Gasteiger partial charge is 0.251 e. The Morgan fingerprint density at radius 1 is 1.42 bits per heavy atom. The van der Waals surface area contributed by atoms with E-state index in [-0.39, 0.29) is 17.9 Å². The third kappa shape index (κ3) is 3.85. The van der Waals surface area contributed by atoms with Gasteiger partial charge in [0.1, 0.15) is 0 Å². The van der Waals surface area contributed by atoms with E-state index in [4.69, 9.17) is 17.3 Å². The lowest BCUT2D eigenvalue weighted by molar-refractivity contribution is 0.0851. The molecule has 106 valence electrons. The summed E-state index contributed by atoms with van der Waals surface area (Å²) >= 11 is 5.81. The second kappa shape index (κ2) is 6.78. The van der Waals surface area contributed by atoms with Gasteiger partial charge in [0.25, 0.3) is 5.91 Å². The highest BCUT2D eigenvalue weighted by Gasteiger charge is 2.25. The maximum Gasteiger partial charge on any atom is 0.251 e. The molecule has 0 saturated carbocycles. The van der Waals surface area contributed by atoms with Crippen LogP contribution in [0.25, 0.3) is 0 Å². The number of aliphatic hydroxyl groups is 1. The monoisotopic (exact) mass is 284 g/mol. The Labute approximate surface area is 118 Å². The van der Waals surface area contributed by atoms with Gasteiger partial charge in [-0.15, -0.1) is 0 Å². The van der Waals surface area contributed by atoms with Crippen molar-refractivity contribution in [1.29, 1.82) is 0 Å². The van der Waals surface area contributed by atoms with E-state index >= 15 is 0 Å². The quantitative estimate of drug-likeness (QED) is 0.702. The molecule has 1 amide bonds. The molecule has 0 aliphatic rings. The molecule has 0 aliphatic heterocycles. The molecular formula is C14H21ClN2O2. The minimum Gasteiger partial charge on any atom is -0.398 e. The number of carbonyl (C=O) groups is 1. The lowest BCUT2D eigenvalue weighted by Crippen LogP contribution is -2.39. The third-order valence-electron chi connectivity index (χ3n) is 3.72. The highest BCUT2D eigenvalue weighted by atomic mass is 35.5. The summed E-state index contributed by atoms with van der Waals surface area (Å²) in [4.78, 5) is 12.0. The molecular weight excluding hydrogens is 264 g/mol. The summed E-state index contributed by atoms with van der Waals surface area (Å²) in [6.45, 7) is 4.51. The number of nitrogen functional groups attached to an aromatic ring is 1. The van der Waals surface area contributed by atoms with Gasteiger partial charge >= 0.3 is 0 Å². The van der Waals surface area contributed by atoms with Crippen molar-refractivity contribution >= 4 is 23.2 Å². The van der Waals surface area contributed by atoms with Gasteiger partial charge in [-0.25, -0.2) is 0 Å². The Morgan fingerprint density at radius 3 is 2.53 bits per heavy atom. The molecule has 4 N–H and O–H groups in total. The van der Waals surface area contributed by atoms with Gasteiger partial charge in [0.2, 0.25) is 0 Å². The fourth-order valence-electron chi connectivity index (χ4n) is 1.83. The van der Waals surface area contributed by atoms with Gasteiger partial charge in [-0.05, 0) is 31.0 Å². The van der Waals surface area contributed by atoms with E-state index in [2.05, 4.69) is 5.32 Å². The van der Waals surface area contributed by atoms with Crippen LogP contribution in [0.1, 0.15) is 37.0 Å². The van der Waals surface area contributed by atoms with Crippen molar-refractivity contribution < 1.29 is 9.90 Å². The van der Waals surface area contributed by atoms with Crippen molar-refractivity contribution in [2.24, 2.45) is 5.41 Å². The Balaban J connectivity index is 2.72. The molecule has 1 aromatic carbocycles. The lowest BCUT2D eigenvalue weighted by atomic mass is 9.83. The summed E-state index contributed by atoms with van der Waals surface area (Å²) < 4.78 is 0. The molecule has 0 heterocycles. The Bertz CT molecular complexity index is 437. The second-order valence-electron chi connectivity index (χ2n) is 4.78. The molecule has 0 bridgehead atoms. The number of halogens is 1. The molecule has 1 rings (SSSR count). The van der Waals surface area contributed by atoms with Crippen molar-refractivity contribution in [3.8, 4) is 0 Å². The first-order chi connectivity index (χ1) is 8.98. The number of benzene rings is 1. The summed E-state index contributed by atoms with van der Waals surface area (Å²) in [5.74, 6) is -0.205. The normalized spacial score (nSPS) is 11.4. The molecule has 0 spiro atoms. The first kappa shape index (κ1) is 15.8. The van der Waals surface area contributed by atoms with Crippen molar-refractivity contribution in [2.75, 3.05) is 18.9 Å². The number of anilines is 1. The topological polar surface area (TPSA) is 75.3 Å². The fraction of sp³-hybridized carbons (Fsp3) is 0.500. The highest BCUT2D eigenvalue weighted by Crippen LogP contribution is 2.25. The predicted molar refractivity (Wildman–Crippen MR) is 78.3 cm³/mol. The molecule has 19 heavy (non-hydrogen) atoms. The van der Waals surface area contributed by atoms with Crippen LogP contribution in [0.4, 0.5) is 5.69 Å². The van der Waals surface area contributed by atoms with Crippen molar-refractivity contribution in [3.63, 3.8) is 0 Å². The van der Waals surface area contributed by atoms with Crippen molar-refractivity contribution in [1.82, 2.24) is 5.32 Å². The molecule has 0 saturated heterocycles. The van der Waals surface area contributed by atoms with E-state index in [0.717, 1.165) is 12.8 Å². The zero-order valence-electron chi connectivity index (χ0n) is 11.4. The van der Waals surface area contributed by atoms with Crippen LogP contribution in [0.2, 0.25) is 5.02 Å². The standard InChI is InChI=1S/C14H21ClN2O2/c1-3-14(4-2,9-18)8-17-13(19)10-5-6-11(15)12(16)7-10/h5-7,18H,3-4,8-9,16H2,1-2H3,(H,17,19). The van der Waals surface area contributed by atoms with Crippen LogP contribution in [-0.4, -0.2) is 24.2 Å². The first-order valence-corrected chi connectivity index (χ1v) is 6.80. The molecule has 1 aromatic rings. The molecule has 0 radical (unpaired) electrons. The maximum absolute atomic E-state index is 12.0. The number of aliphatic hydroxyl groups excluding tert-OH is 1. The number of nitrogens with one attached hydrogen (secondary N) is 1. The number of hydrogen-bond acceptors (Lipinski definition) is 3. The van der Waals surface area contributed by atoms with Gasteiger partial charge in [0, 0.05) is 17.5 Å². The number of nitrogens with two attached hydrogens (primary N) is 1. The van der Waals surface area contributed by atoms with E-state index in [9.17, 15) is 9.90 Å². The van der Waals surface area contributed by atoms with Crippen molar-refractivity contribution in [2.45, 2.75) is 26.7 Å². The predicted octanol–water partition coefficient (Wildman–Crippen LogP) is 2.45. The van der Waals surface area contributed by atoms with Gasteiger partial charge in [0.05, 0.1) is 17.3 Å². The fourth-order valence-corrected chi connectivity index (χ4v) is 1.95. The van der Waals surface area contributed by atoms with Gasteiger partial charge in [-0.3, -0.25) is 4.79 Å². The molecule has 0 atom stereocenters. The Hall–Kier alpha value is -1.26. The van der Waals surface area contributed by atoms with E-state index in [1.54, 1.807) is 18.2 Å². The third-order valence-corrected chi connectivity index (χ3v) is 4.06. The van der Waals surface area contributed by atoms with Crippen LogP contribution in [0.15, 0.2) is 18.2 Å². The minimum atomic E-state index is -0.256. The maximum atomic E-state index is 12.0. The summed E-state index contributed by atoms with van der Waals surface area (Å²) in [5, 5.41) is 12.7. The SMILES string of the molecule is CCC(CC)(CO)CNC(=O)c1ccc(Cl)c(N)c1. The minimum absolute atomic E-state index is 0.0586. The molecule has 0 fully saturated rings. The lowest BCUT2D eigenvalue weighted by Gasteiger charge is -2.29. The van der Waals surface area contributed by atoms with Crippen LogP contribution < -0.4 is 11.1 Å². The number of rotatable bonds is 6. The van der Waals surface area contributed by atoms with Gasteiger partial charge in [-0.2, -0.15) is 0 Å². The number of amides is 1. The zero-order chi connectivity index (χ0) is 14.5. The van der Waals surface area contributed by atoms with Gasteiger partial charge in [-0.1, -0.05) is 25.4 Å². The summed E-state index contributed by atoms with van der Waals surface area (Å²) in [6.07, 6.45) is 1.62. The first-order valence-electron chi connectivity index (χ1n) is 6.42. The molecule has 5 heteroatoms. The summed E-state index contributed by atoms with van der Waals surface area (Å²) in [7, 11) is 0. The average Bonchev–Trinajstić information content (AvgIpc) is 2.43. The van der Waals surface area contributed by atoms with Crippen LogP contribution >= 0.6 is 11.6 Å². The number of carbonyl (C=O) groups excluding carboxylic acids is 1. The van der Waals surface area contributed by atoms with Crippen LogP contribution in [0, 0.1) is 5.41 Å². The summed E-state index contributed by atoms with van der Waals surface area (Å²) in [6, 6.07) is 4.79. The van der Waals surface area contributed by atoms with Gasteiger partial charge < -0.3 is 16.2 Å². The summed E-state index contributed by atoms with van der Waals surface area (Å²) in [5.41, 5.74) is 6.27. The number of hydrogen-bond donors (Lipinski definition) is 3. The van der Waals surface area contributed by atoms with E-state index < -0.39 is 0 Å². The molecule has 0 unspecified atom stereocenters. The van der Waals surface area contributed by atoms with Crippen LogP contribution in [0.3, 0.4) is 0 Å². The Morgan fingerprint density at radius 2 is 2.05 bits per heavy atom. The van der Waals surface area contributed by atoms with E-state index in [1.165, 1.54) is 0 Å². The average molecular weight is 285 g/mol. The second-order valence-corrected chi connectivity index (χ2v) is 5.19. The molecule has 4 nitrogen and oxygen atoms in total. The van der Waals surface area contributed by atoms with Crippen molar-refractivity contribution in [3.05, 3.63) is 28.8 Å². The van der Waals surface area contributed by atoms with Gasteiger partial charge in [0.15, 0.2) is 0 Å². The van der Waals surface area contributed by atoms with Crippen LogP contribution in [-0.2, 0) is 0 Å². The van der Waals surface area contributed by atoms with E-state index in [1.807, 2.05) is 13.8 Å². The van der Waals surface area contributed by atoms with Crippen LogP contribution in [0.5, 0.6) is 0 Å². The van der Waals surface area contributed by atoms with E-state index in [0.29, 0.717) is 22.8 Å². The highest BCUT2D eigenvalue weighted by molar-refractivity contribution is 6.33. The largest absolute Gasteiger partial charge is 0.398 e. The Kier molecular flexibility index (Phi) is 5.63. The molecule has 0 aromatic heterocycles. The molecule has 0 aliphatic carbocycles.